The second-order valence-corrected chi connectivity index (χ2v) is 8.25. The lowest BCUT2D eigenvalue weighted by Crippen LogP contribution is -2.22. The summed E-state index contributed by atoms with van der Waals surface area (Å²) in [4.78, 5) is 23.0. The summed E-state index contributed by atoms with van der Waals surface area (Å²) in [5, 5.41) is 5.59. The molecule has 27 heavy (non-hydrogen) atoms. The molecule has 0 saturated heterocycles. The van der Waals surface area contributed by atoms with Crippen LogP contribution < -0.4 is 10.2 Å². The molecule has 0 radical (unpaired) electrons. The van der Waals surface area contributed by atoms with Crippen molar-refractivity contribution in [3.8, 4) is 11.3 Å². The standard InChI is InChI=1S/C17H14ClN3O4S2/c1-25-21-27(23,24)14-8-4-12(5-9-14)16(22)20-17-19-15(10-26-17)11-2-6-13(18)7-3-11/h2-10,21H,1H3,(H,19,20,22). The van der Waals surface area contributed by atoms with E-state index in [9.17, 15) is 13.2 Å². The van der Waals surface area contributed by atoms with Crippen LogP contribution in [0.3, 0.4) is 0 Å². The summed E-state index contributed by atoms with van der Waals surface area (Å²) in [7, 11) is -2.57. The van der Waals surface area contributed by atoms with Gasteiger partial charge in [-0.1, -0.05) is 28.6 Å². The fourth-order valence-corrected chi connectivity index (χ4v) is 3.85. The van der Waals surface area contributed by atoms with Crippen molar-refractivity contribution in [3.63, 3.8) is 0 Å². The Hall–Kier alpha value is -2.30. The van der Waals surface area contributed by atoms with Gasteiger partial charge >= 0.3 is 0 Å². The molecule has 7 nitrogen and oxygen atoms in total. The van der Waals surface area contributed by atoms with E-state index in [0.29, 0.717) is 15.7 Å². The molecule has 10 heteroatoms. The molecule has 0 atom stereocenters. The van der Waals surface area contributed by atoms with Crippen LogP contribution in [0.1, 0.15) is 10.4 Å². The van der Waals surface area contributed by atoms with Gasteiger partial charge < -0.3 is 0 Å². The van der Waals surface area contributed by atoms with Crippen molar-refractivity contribution in [1.82, 2.24) is 9.87 Å². The second kappa shape index (κ2) is 8.15. The quantitative estimate of drug-likeness (QED) is 0.591. The largest absolute Gasteiger partial charge is 0.298 e. The molecule has 3 rings (SSSR count). The molecule has 0 bridgehead atoms. The van der Waals surface area contributed by atoms with Crippen LogP contribution in [0, 0.1) is 0 Å². The highest BCUT2D eigenvalue weighted by Crippen LogP contribution is 2.26. The molecule has 2 aromatic carbocycles. The number of nitrogens with one attached hydrogen (secondary N) is 2. The normalized spacial score (nSPS) is 11.3. The summed E-state index contributed by atoms with van der Waals surface area (Å²) in [6.07, 6.45) is 0. The number of sulfonamides is 1. The van der Waals surface area contributed by atoms with E-state index in [4.69, 9.17) is 11.6 Å². The van der Waals surface area contributed by atoms with Gasteiger partial charge in [-0.15, -0.1) is 11.3 Å². The van der Waals surface area contributed by atoms with Gasteiger partial charge in [-0.25, -0.2) is 13.4 Å². The predicted molar refractivity (Wildman–Crippen MR) is 104 cm³/mol. The van der Waals surface area contributed by atoms with Crippen LogP contribution in [0.5, 0.6) is 0 Å². The lowest BCUT2D eigenvalue weighted by atomic mass is 10.2. The van der Waals surface area contributed by atoms with Crippen LogP contribution >= 0.6 is 22.9 Å². The van der Waals surface area contributed by atoms with Crippen LogP contribution in [0.25, 0.3) is 11.3 Å². The number of rotatable bonds is 6. The number of nitrogens with zero attached hydrogens (tertiary/aromatic N) is 1. The van der Waals surface area contributed by atoms with Gasteiger partial charge in [0.1, 0.15) is 0 Å². The first-order valence-corrected chi connectivity index (χ1v) is 10.3. The number of aromatic nitrogens is 1. The maximum Gasteiger partial charge on any atom is 0.262 e. The Morgan fingerprint density at radius 1 is 1.11 bits per heavy atom. The summed E-state index contributed by atoms with van der Waals surface area (Å²) in [6.45, 7) is 0. The molecule has 0 unspecified atom stereocenters. The highest BCUT2D eigenvalue weighted by Gasteiger charge is 2.15. The SMILES string of the molecule is CONS(=O)(=O)c1ccc(C(=O)Nc2nc(-c3ccc(Cl)cc3)cs2)cc1. The second-order valence-electron chi connectivity index (χ2n) is 5.31. The third-order valence-corrected chi connectivity index (χ3v) is 5.77. The fraction of sp³-hybridized carbons (Fsp3) is 0.0588. The summed E-state index contributed by atoms with van der Waals surface area (Å²) in [6, 6.07) is 12.7. The molecule has 3 aromatic rings. The molecule has 0 fully saturated rings. The molecule has 0 saturated carbocycles. The highest BCUT2D eigenvalue weighted by atomic mass is 35.5. The van der Waals surface area contributed by atoms with E-state index in [1.54, 1.807) is 12.1 Å². The molecular weight excluding hydrogens is 410 g/mol. The van der Waals surface area contributed by atoms with Gasteiger partial charge in [0.25, 0.3) is 15.9 Å². The maximum absolute atomic E-state index is 12.3. The van der Waals surface area contributed by atoms with Crippen LogP contribution in [0.2, 0.25) is 5.02 Å². The summed E-state index contributed by atoms with van der Waals surface area (Å²) >= 11 is 7.16. The average Bonchev–Trinajstić information content (AvgIpc) is 3.11. The van der Waals surface area contributed by atoms with Crippen molar-refractivity contribution in [2.24, 2.45) is 0 Å². The van der Waals surface area contributed by atoms with E-state index in [2.05, 4.69) is 15.1 Å². The summed E-state index contributed by atoms with van der Waals surface area (Å²) in [5.74, 6) is -0.393. The van der Waals surface area contributed by atoms with Crippen LogP contribution in [0.15, 0.2) is 58.8 Å². The molecular formula is C17H14ClN3O4S2. The topological polar surface area (TPSA) is 97.4 Å². The van der Waals surface area contributed by atoms with Crippen LogP contribution in [-0.2, 0) is 14.9 Å². The molecule has 140 valence electrons. The molecule has 1 aromatic heterocycles. The highest BCUT2D eigenvalue weighted by molar-refractivity contribution is 7.89. The Bertz CT molecular complexity index is 1050. The van der Waals surface area contributed by atoms with Crippen molar-refractivity contribution >= 4 is 44.0 Å². The predicted octanol–water partition coefficient (Wildman–Crippen LogP) is 3.56. The number of thiazole rings is 1. The lowest BCUT2D eigenvalue weighted by molar-refractivity contribution is 0.102. The van der Waals surface area contributed by atoms with E-state index >= 15 is 0 Å². The number of carbonyl (C=O) groups is 1. The van der Waals surface area contributed by atoms with Gasteiger partial charge in [-0.2, -0.15) is 0 Å². The lowest BCUT2D eigenvalue weighted by Gasteiger charge is -2.05. The maximum atomic E-state index is 12.3. The van der Waals surface area contributed by atoms with Gasteiger partial charge in [0.05, 0.1) is 17.7 Å². The monoisotopic (exact) mass is 423 g/mol. The Morgan fingerprint density at radius 3 is 2.41 bits per heavy atom. The average molecular weight is 424 g/mol. The number of hydrogen-bond acceptors (Lipinski definition) is 6. The Morgan fingerprint density at radius 2 is 1.78 bits per heavy atom. The van der Waals surface area contributed by atoms with Gasteiger partial charge in [-0.05, 0) is 36.4 Å². The summed E-state index contributed by atoms with van der Waals surface area (Å²) in [5.41, 5.74) is 1.91. The van der Waals surface area contributed by atoms with Crippen molar-refractivity contribution < 1.29 is 18.0 Å². The number of carbonyl (C=O) groups excluding carboxylic acids is 1. The molecule has 0 aliphatic carbocycles. The molecule has 1 heterocycles. The zero-order valence-corrected chi connectivity index (χ0v) is 16.4. The minimum atomic E-state index is -3.77. The molecule has 0 aliphatic rings. The van der Waals surface area contributed by atoms with Crippen LogP contribution in [-0.4, -0.2) is 26.4 Å². The van der Waals surface area contributed by atoms with Crippen molar-refractivity contribution in [3.05, 3.63) is 64.5 Å². The van der Waals surface area contributed by atoms with E-state index < -0.39 is 15.9 Å². The number of hydrogen-bond donors (Lipinski definition) is 2. The third-order valence-electron chi connectivity index (χ3n) is 3.48. The van der Waals surface area contributed by atoms with Crippen molar-refractivity contribution in [2.75, 3.05) is 12.4 Å². The van der Waals surface area contributed by atoms with Crippen molar-refractivity contribution in [1.29, 1.82) is 0 Å². The Labute approximate surface area is 165 Å². The van der Waals surface area contributed by atoms with E-state index in [1.165, 1.54) is 42.7 Å². The number of benzene rings is 2. The molecule has 2 N–H and O–H groups in total. The van der Waals surface area contributed by atoms with E-state index in [-0.39, 0.29) is 4.90 Å². The van der Waals surface area contributed by atoms with Gasteiger partial charge in [0.2, 0.25) is 0 Å². The number of amides is 1. The third kappa shape index (κ3) is 4.71. The minimum Gasteiger partial charge on any atom is -0.298 e. The summed E-state index contributed by atoms with van der Waals surface area (Å²) < 4.78 is 23.6. The first-order chi connectivity index (χ1) is 12.9. The Kier molecular flexibility index (Phi) is 5.88. The van der Waals surface area contributed by atoms with Gasteiger partial charge in [0.15, 0.2) is 5.13 Å². The van der Waals surface area contributed by atoms with Gasteiger partial charge in [-0.3, -0.25) is 14.9 Å². The van der Waals surface area contributed by atoms with E-state index in [1.807, 2.05) is 22.4 Å². The number of halogens is 1. The number of anilines is 1. The zero-order chi connectivity index (χ0) is 19.4. The smallest absolute Gasteiger partial charge is 0.262 e. The first-order valence-electron chi connectivity index (χ1n) is 7.57. The molecule has 0 aliphatic heterocycles. The Balaban J connectivity index is 1.71. The fourth-order valence-electron chi connectivity index (χ4n) is 2.20. The molecule has 0 spiro atoms. The van der Waals surface area contributed by atoms with Gasteiger partial charge in [0, 0.05) is 21.5 Å². The molecule has 1 amide bonds. The van der Waals surface area contributed by atoms with Crippen molar-refractivity contribution in [2.45, 2.75) is 4.90 Å². The van der Waals surface area contributed by atoms with E-state index in [0.717, 1.165) is 11.3 Å². The first kappa shape index (κ1) is 19.5. The zero-order valence-electron chi connectivity index (χ0n) is 14.0. The minimum absolute atomic E-state index is 0.0137. The van der Waals surface area contributed by atoms with Crippen LogP contribution in [0.4, 0.5) is 5.13 Å².